The highest BCUT2D eigenvalue weighted by Gasteiger charge is 2.28. The van der Waals surface area contributed by atoms with E-state index in [1.165, 1.54) is 33.4 Å². The summed E-state index contributed by atoms with van der Waals surface area (Å²) in [5.74, 6) is 0. The molecule has 0 saturated carbocycles. The minimum atomic E-state index is -0.211. The molecule has 0 radical (unpaired) electrons. The molecular formula is C25H30Br2N2O2. The van der Waals surface area contributed by atoms with Gasteiger partial charge in [-0.25, -0.2) is 4.79 Å². The minimum Gasteiger partial charge on any atom is -0.450 e. The first-order chi connectivity index (χ1) is 15.0. The van der Waals surface area contributed by atoms with Crippen molar-refractivity contribution in [3.63, 3.8) is 0 Å². The van der Waals surface area contributed by atoms with E-state index >= 15 is 0 Å². The van der Waals surface area contributed by atoms with Gasteiger partial charge < -0.3 is 9.64 Å². The van der Waals surface area contributed by atoms with Gasteiger partial charge in [-0.2, -0.15) is 0 Å². The Morgan fingerprint density at radius 1 is 1.06 bits per heavy atom. The Morgan fingerprint density at radius 3 is 2.42 bits per heavy atom. The van der Waals surface area contributed by atoms with E-state index in [2.05, 4.69) is 57.0 Å². The molecule has 4 nitrogen and oxygen atoms in total. The lowest BCUT2D eigenvalue weighted by Gasteiger charge is -2.30. The summed E-state index contributed by atoms with van der Waals surface area (Å²) in [6, 6.07) is 6.69. The van der Waals surface area contributed by atoms with Crippen molar-refractivity contribution in [2.75, 3.05) is 19.7 Å². The van der Waals surface area contributed by atoms with Gasteiger partial charge >= 0.3 is 6.09 Å². The van der Waals surface area contributed by atoms with Crippen molar-refractivity contribution < 1.29 is 9.53 Å². The second-order valence-electron chi connectivity index (χ2n) is 7.61. The topological polar surface area (TPSA) is 42.4 Å². The van der Waals surface area contributed by atoms with E-state index < -0.39 is 0 Å². The summed E-state index contributed by atoms with van der Waals surface area (Å²) in [6.07, 6.45) is 5.32. The van der Waals surface area contributed by atoms with Gasteiger partial charge in [-0.15, -0.1) is 0 Å². The van der Waals surface area contributed by atoms with Crippen LogP contribution in [0.2, 0.25) is 0 Å². The maximum atomic E-state index is 12.1. The molecule has 0 unspecified atom stereocenters. The Kier molecular flexibility index (Phi) is 8.34. The first-order valence-electron chi connectivity index (χ1n) is 11.1. The molecule has 6 heteroatoms. The summed E-state index contributed by atoms with van der Waals surface area (Å²) in [5.41, 5.74) is 8.86. The molecule has 166 valence electrons. The number of piperidine rings is 1. The number of pyridine rings is 1. The van der Waals surface area contributed by atoms with E-state index in [-0.39, 0.29) is 6.09 Å². The van der Waals surface area contributed by atoms with E-state index in [0.717, 1.165) is 40.3 Å². The van der Waals surface area contributed by atoms with Crippen LogP contribution < -0.4 is 0 Å². The standard InChI is InChI=1S/C23H24Br2N2O2.C2H6/c1-3-29-23(28)27-8-6-15(7-9-27)21-20-16(10-14(2)11-19(20)25)4-5-17-12-18(24)13-26-22(17)21;1-2/h10-13H,3-9H2,1-2H3;1-2H3. The number of benzene rings is 1. The average Bonchev–Trinajstić information content (AvgIpc) is 2.92. The fourth-order valence-corrected chi connectivity index (χ4v) is 5.54. The molecule has 2 aromatic rings. The molecule has 0 atom stereocenters. The summed E-state index contributed by atoms with van der Waals surface area (Å²) in [4.78, 5) is 18.8. The van der Waals surface area contributed by atoms with Crippen LogP contribution in [0.1, 0.15) is 61.6 Å². The predicted molar refractivity (Wildman–Crippen MR) is 133 cm³/mol. The van der Waals surface area contributed by atoms with Crippen molar-refractivity contribution in [1.29, 1.82) is 0 Å². The van der Waals surface area contributed by atoms with Crippen LogP contribution in [0.3, 0.4) is 0 Å². The van der Waals surface area contributed by atoms with Crippen molar-refractivity contribution in [1.82, 2.24) is 9.88 Å². The Balaban J connectivity index is 0.00000132. The van der Waals surface area contributed by atoms with E-state index in [9.17, 15) is 4.79 Å². The zero-order chi connectivity index (χ0) is 22.5. The zero-order valence-electron chi connectivity index (χ0n) is 18.7. The lowest BCUT2D eigenvalue weighted by atomic mass is 9.88. The third-order valence-electron chi connectivity index (χ3n) is 5.65. The molecule has 0 bridgehead atoms. The monoisotopic (exact) mass is 548 g/mol. The molecule has 1 saturated heterocycles. The number of hydrogen-bond acceptors (Lipinski definition) is 3. The second-order valence-corrected chi connectivity index (χ2v) is 9.38. The Hall–Kier alpha value is -1.66. The SMILES string of the molecule is CC.CCOC(=O)N1CCC(=C2c3ncc(Br)cc3CCc3cc(C)cc(Br)c32)CC1. The van der Waals surface area contributed by atoms with Gasteiger partial charge in [-0.05, 0) is 84.3 Å². The number of rotatable bonds is 1. The van der Waals surface area contributed by atoms with Gasteiger partial charge in [0.1, 0.15) is 0 Å². The quantitative estimate of drug-likeness (QED) is 0.381. The summed E-state index contributed by atoms with van der Waals surface area (Å²) in [5, 5.41) is 0. The molecule has 31 heavy (non-hydrogen) atoms. The van der Waals surface area contributed by atoms with Crippen LogP contribution >= 0.6 is 31.9 Å². The van der Waals surface area contributed by atoms with Gasteiger partial charge in [0.25, 0.3) is 0 Å². The average molecular weight is 550 g/mol. The molecule has 1 aliphatic carbocycles. The van der Waals surface area contributed by atoms with E-state index in [1.54, 1.807) is 0 Å². The lowest BCUT2D eigenvalue weighted by Crippen LogP contribution is -2.37. The number of hydrogen-bond donors (Lipinski definition) is 0. The largest absolute Gasteiger partial charge is 0.450 e. The third-order valence-corrected chi connectivity index (χ3v) is 6.71. The molecule has 0 spiro atoms. The van der Waals surface area contributed by atoms with Gasteiger partial charge in [-0.1, -0.05) is 41.4 Å². The lowest BCUT2D eigenvalue weighted by molar-refractivity contribution is 0.104. The maximum Gasteiger partial charge on any atom is 0.409 e. The highest BCUT2D eigenvalue weighted by Crippen LogP contribution is 2.42. The molecule has 0 N–H and O–H groups in total. The molecule has 2 aliphatic rings. The highest BCUT2D eigenvalue weighted by atomic mass is 79.9. The maximum absolute atomic E-state index is 12.1. The van der Waals surface area contributed by atoms with E-state index in [1.807, 2.05) is 31.9 Å². The fourth-order valence-electron chi connectivity index (χ4n) is 4.34. The highest BCUT2D eigenvalue weighted by molar-refractivity contribution is 9.10. The molecule has 1 aromatic carbocycles. The molecule has 4 rings (SSSR count). The van der Waals surface area contributed by atoms with Crippen molar-refractivity contribution in [2.45, 2.75) is 53.4 Å². The van der Waals surface area contributed by atoms with Crippen LogP contribution in [-0.2, 0) is 17.6 Å². The van der Waals surface area contributed by atoms with Gasteiger partial charge in [0.05, 0.1) is 12.3 Å². The molecular weight excluding hydrogens is 520 g/mol. The summed E-state index contributed by atoms with van der Waals surface area (Å²) in [7, 11) is 0. The first kappa shape index (κ1) is 24.0. The number of carbonyl (C=O) groups excluding carboxylic acids is 1. The number of likely N-dealkylation sites (tertiary alicyclic amines) is 1. The number of amides is 1. The summed E-state index contributed by atoms with van der Waals surface area (Å²) in [6.45, 7) is 9.76. The van der Waals surface area contributed by atoms with Crippen molar-refractivity contribution in [3.8, 4) is 0 Å². The second kappa shape index (κ2) is 10.8. The molecule has 1 fully saturated rings. The Labute approximate surface area is 202 Å². The normalized spacial score (nSPS) is 15.4. The first-order valence-corrected chi connectivity index (χ1v) is 12.6. The minimum absolute atomic E-state index is 0.211. The van der Waals surface area contributed by atoms with Crippen molar-refractivity contribution in [2.24, 2.45) is 0 Å². The van der Waals surface area contributed by atoms with Crippen molar-refractivity contribution >= 4 is 43.5 Å². The number of aromatic nitrogens is 1. The molecule has 1 amide bonds. The van der Waals surface area contributed by atoms with Crippen molar-refractivity contribution in [3.05, 3.63) is 66.9 Å². The number of fused-ring (bicyclic) bond motifs is 2. The Morgan fingerprint density at radius 2 is 1.74 bits per heavy atom. The van der Waals surface area contributed by atoms with E-state index in [4.69, 9.17) is 9.72 Å². The van der Waals surface area contributed by atoms with Gasteiger partial charge in [0.15, 0.2) is 0 Å². The smallest absolute Gasteiger partial charge is 0.409 e. The van der Waals surface area contributed by atoms with Gasteiger partial charge in [0, 0.05) is 39.4 Å². The van der Waals surface area contributed by atoms with Gasteiger partial charge in [0.2, 0.25) is 0 Å². The number of halogens is 2. The number of ether oxygens (including phenoxy) is 1. The van der Waals surface area contributed by atoms with E-state index in [0.29, 0.717) is 19.7 Å². The van der Waals surface area contributed by atoms with Crippen LogP contribution in [0.4, 0.5) is 4.79 Å². The molecule has 1 aromatic heterocycles. The molecule has 2 heterocycles. The van der Waals surface area contributed by atoms with Gasteiger partial charge in [-0.3, -0.25) is 4.98 Å². The summed E-state index contributed by atoms with van der Waals surface area (Å²) < 4.78 is 7.32. The molecule has 1 aliphatic heterocycles. The van der Waals surface area contributed by atoms with Crippen LogP contribution in [0, 0.1) is 6.92 Å². The van der Waals surface area contributed by atoms with Crippen LogP contribution in [0.5, 0.6) is 0 Å². The predicted octanol–water partition coefficient (Wildman–Crippen LogP) is 7.09. The third kappa shape index (κ3) is 5.23. The van der Waals surface area contributed by atoms with Crippen LogP contribution in [0.15, 0.2) is 38.9 Å². The number of nitrogens with zero attached hydrogens (tertiary/aromatic N) is 2. The number of aryl methyl sites for hydroxylation is 3. The van der Waals surface area contributed by atoms with Crippen LogP contribution in [-0.4, -0.2) is 35.7 Å². The summed E-state index contributed by atoms with van der Waals surface area (Å²) >= 11 is 7.43. The zero-order valence-corrected chi connectivity index (χ0v) is 21.9. The van der Waals surface area contributed by atoms with Crippen LogP contribution in [0.25, 0.3) is 5.57 Å². The fraction of sp³-hybridized carbons (Fsp3) is 0.440. The number of carbonyl (C=O) groups is 1. The Bertz CT molecular complexity index is 991.